The molecule has 0 aromatic heterocycles. The van der Waals surface area contributed by atoms with Crippen molar-refractivity contribution < 1.29 is 32.5 Å². The van der Waals surface area contributed by atoms with Gasteiger partial charge in [-0.3, -0.25) is 4.79 Å². The summed E-state index contributed by atoms with van der Waals surface area (Å²) in [4.78, 5) is 11.2. The lowest BCUT2D eigenvalue weighted by Crippen LogP contribution is -2.18. The van der Waals surface area contributed by atoms with Crippen LogP contribution >= 0.6 is 0 Å². The molecule has 0 saturated heterocycles. The first-order chi connectivity index (χ1) is 8.81. The van der Waals surface area contributed by atoms with Gasteiger partial charge in [0.1, 0.15) is 11.5 Å². The third kappa shape index (κ3) is 5.50. The molecule has 0 unspecified atom stereocenters. The molecule has 0 bridgehead atoms. The fourth-order valence-electron chi connectivity index (χ4n) is 1.46. The van der Waals surface area contributed by atoms with Gasteiger partial charge >= 0.3 is 12.3 Å². The largest absolute Gasteiger partial charge is 0.573 e. The van der Waals surface area contributed by atoms with Crippen molar-refractivity contribution in [3.63, 3.8) is 0 Å². The topological polar surface area (TPSA) is 55.8 Å². The average Bonchev–Trinajstić information content (AvgIpc) is 2.28. The molecule has 0 aliphatic heterocycles. The molecule has 1 N–H and O–H groups in total. The summed E-state index contributed by atoms with van der Waals surface area (Å²) in [6.07, 6.45) is -4.93. The van der Waals surface area contributed by atoms with Crippen molar-refractivity contribution >= 4 is 5.97 Å². The Bertz CT molecular complexity index is 443. The van der Waals surface area contributed by atoms with E-state index in [0.29, 0.717) is 0 Å². The fraction of sp³-hybridized carbons (Fsp3) is 0.417. The van der Waals surface area contributed by atoms with Gasteiger partial charge in [0.2, 0.25) is 0 Å². The van der Waals surface area contributed by atoms with Crippen molar-refractivity contribution in [2.45, 2.75) is 26.1 Å². The number of phenolic OH excluding ortho intramolecular Hbond substituents is 1. The molecule has 0 saturated carbocycles. The Hall–Kier alpha value is -1.92. The number of benzene rings is 1. The number of hydrogen-bond acceptors (Lipinski definition) is 4. The van der Waals surface area contributed by atoms with Gasteiger partial charge in [-0.05, 0) is 37.1 Å². The minimum Gasteiger partial charge on any atom is -0.508 e. The van der Waals surface area contributed by atoms with E-state index in [0.717, 1.165) is 18.2 Å². The highest BCUT2D eigenvalue weighted by atomic mass is 19.4. The quantitative estimate of drug-likeness (QED) is 0.841. The molecule has 0 spiro atoms. The van der Waals surface area contributed by atoms with Crippen LogP contribution in [0.15, 0.2) is 18.2 Å². The Labute approximate surface area is 107 Å². The summed E-state index contributed by atoms with van der Waals surface area (Å²) < 4.78 is 45.0. The second-order valence-corrected chi connectivity index (χ2v) is 3.64. The molecule has 106 valence electrons. The molecule has 0 fully saturated rings. The van der Waals surface area contributed by atoms with E-state index in [9.17, 15) is 23.1 Å². The first-order valence-electron chi connectivity index (χ1n) is 5.55. The Morgan fingerprint density at radius 1 is 1.37 bits per heavy atom. The van der Waals surface area contributed by atoms with E-state index in [1.54, 1.807) is 6.92 Å². The number of aromatic hydroxyl groups is 1. The second kappa shape index (κ2) is 6.31. The predicted molar refractivity (Wildman–Crippen MR) is 59.7 cm³/mol. The van der Waals surface area contributed by atoms with Gasteiger partial charge in [0, 0.05) is 6.42 Å². The van der Waals surface area contributed by atoms with Gasteiger partial charge in [0.05, 0.1) is 6.61 Å². The number of ether oxygens (including phenoxy) is 2. The lowest BCUT2D eigenvalue weighted by atomic mass is 10.1. The van der Waals surface area contributed by atoms with E-state index in [-0.39, 0.29) is 30.8 Å². The van der Waals surface area contributed by atoms with Crippen LogP contribution in [-0.4, -0.2) is 24.0 Å². The van der Waals surface area contributed by atoms with Crippen LogP contribution < -0.4 is 4.74 Å². The summed E-state index contributed by atoms with van der Waals surface area (Å²) in [5.74, 6) is -1.16. The van der Waals surface area contributed by atoms with Crippen LogP contribution in [-0.2, 0) is 16.0 Å². The molecule has 19 heavy (non-hydrogen) atoms. The Morgan fingerprint density at radius 2 is 2.05 bits per heavy atom. The van der Waals surface area contributed by atoms with E-state index in [2.05, 4.69) is 9.47 Å². The van der Waals surface area contributed by atoms with Gasteiger partial charge in [0.25, 0.3) is 0 Å². The maximum Gasteiger partial charge on any atom is 0.573 e. The minimum atomic E-state index is -4.82. The van der Waals surface area contributed by atoms with Crippen LogP contribution in [0.4, 0.5) is 13.2 Å². The molecule has 0 amide bonds. The number of hydrogen-bond donors (Lipinski definition) is 1. The van der Waals surface area contributed by atoms with Crippen molar-refractivity contribution in [2.75, 3.05) is 6.61 Å². The van der Waals surface area contributed by atoms with Gasteiger partial charge in [-0.1, -0.05) is 0 Å². The maximum absolute atomic E-state index is 12.2. The Balaban J connectivity index is 2.79. The lowest BCUT2D eigenvalue weighted by molar-refractivity contribution is -0.274. The average molecular weight is 278 g/mol. The number of carbonyl (C=O) groups excluding carboxylic acids is 1. The molecule has 0 aliphatic carbocycles. The van der Waals surface area contributed by atoms with E-state index in [1.165, 1.54) is 0 Å². The van der Waals surface area contributed by atoms with Crippen molar-refractivity contribution in [1.29, 1.82) is 0 Å². The number of aryl methyl sites for hydroxylation is 1. The highest BCUT2D eigenvalue weighted by Gasteiger charge is 2.32. The Morgan fingerprint density at radius 3 is 2.63 bits per heavy atom. The molecular weight excluding hydrogens is 265 g/mol. The summed E-state index contributed by atoms with van der Waals surface area (Å²) in [6, 6.07) is 3.21. The van der Waals surface area contributed by atoms with Gasteiger partial charge < -0.3 is 14.6 Å². The normalized spacial score (nSPS) is 11.2. The number of phenols is 1. The number of alkyl halides is 3. The number of halogens is 3. The highest BCUT2D eigenvalue weighted by molar-refractivity contribution is 5.69. The standard InChI is InChI=1S/C12H13F3O4/c1-2-18-11(17)6-3-8-7-9(16)4-5-10(8)19-12(13,14)15/h4-5,7,16H,2-3,6H2,1H3. The highest BCUT2D eigenvalue weighted by Crippen LogP contribution is 2.29. The molecule has 0 heterocycles. The maximum atomic E-state index is 12.2. The third-order valence-electron chi connectivity index (χ3n) is 2.17. The predicted octanol–water partition coefficient (Wildman–Crippen LogP) is 2.79. The van der Waals surface area contributed by atoms with E-state index in [1.807, 2.05) is 0 Å². The number of esters is 1. The van der Waals surface area contributed by atoms with E-state index < -0.39 is 18.1 Å². The van der Waals surface area contributed by atoms with E-state index >= 15 is 0 Å². The number of rotatable bonds is 5. The van der Waals surface area contributed by atoms with Crippen LogP contribution in [0.1, 0.15) is 18.9 Å². The number of carbonyl (C=O) groups is 1. The molecule has 1 rings (SSSR count). The molecule has 0 radical (unpaired) electrons. The minimum absolute atomic E-state index is 0.0152. The first-order valence-corrected chi connectivity index (χ1v) is 5.55. The van der Waals surface area contributed by atoms with Crippen molar-refractivity contribution in [2.24, 2.45) is 0 Å². The fourth-order valence-corrected chi connectivity index (χ4v) is 1.46. The van der Waals surface area contributed by atoms with Crippen molar-refractivity contribution in [1.82, 2.24) is 0 Å². The SMILES string of the molecule is CCOC(=O)CCc1cc(O)ccc1OC(F)(F)F. The van der Waals surface area contributed by atoms with Crippen LogP contribution in [0.5, 0.6) is 11.5 Å². The second-order valence-electron chi connectivity index (χ2n) is 3.64. The monoisotopic (exact) mass is 278 g/mol. The zero-order chi connectivity index (χ0) is 14.5. The molecular formula is C12H13F3O4. The van der Waals surface area contributed by atoms with Gasteiger partial charge in [-0.2, -0.15) is 0 Å². The van der Waals surface area contributed by atoms with Crippen LogP contribution in [0.3, 0.4) is 0 Å². The molecule has 0 atom stereocenters. The summed E-state index contributed by atoms with van der Waals surface area (Å²) in [6.45, 7) is 1.83. The summed E-state index contributed by atoms with van der Waals surface area (Å²) in [5, 5.41) is 9.25. The van der Waals surface area contributed by atoms with Crippen LogP contribution in [0.25, 0.3) is 0 Å². The lowest BCUT2D eigenvalue weighted by Gasteiger charge is -2.13. The van der Waals surface area contributed by atoms with Gasteiger partial charge in [-0.25, -0.2) is 0 Å². The molecule has 1 aromatic carbocycles. The first kappa shape index (κ1) is 15.1. The zero-order valence-electron chi connectivity index (χ0n) is 10.2. The summed E-state index contributed by atoms with van der Waals surface area (Å²) in [5.41, 5.74) is 0.0883. The summed E-state index contributed by atoms with van der Waals surface area (Å²) >= 11 is 0. The smallest absolute Gasteiger partial charge is 0.508 e. The van der Waals surface area contributed by atoms with Gasteiger partial charge in [-0.15, -0.1) is 13.2 Å². The zero-order valence-corrected chi connectivity index (χ0v) is 10.2. The summed E-state index contributed by atoms with van der Waals surface area (Å²) in [7, 11) is 0. The van der Waals surface area contributed by atoms with Crippen LogP contribution in [0.2, 0.25) is 0 Å². The van der Waals surface area contributed by atoms with Gasteiger partial charge in [0.15, 0.2) is 0 Å². The Kier molecular flexibility index (Phi) is 5.02. The van der Waals surface area contributed by atoms with Crippen molar-refractivity contribution in [3.05, 3.63) is 23.8 Å². The third-order valence-corrected chi connectivity index (χ3v) is 2.17. The molecule has 4 nitrogen and oxygen atoms in total. The van der Waals surface area contributed by atoms with E-state index in [4.69, 9.17) is 0 Å². The molecule has 0 aliphatic rings. The van der Waals surface area contributed by atoms with Crippen LogP contribution in [0, 0.1) is 0 Å². The van der Waals surface area contributed by atoms with Crippen molar-refractivity contribution in [3.8, 4) is 11.5 Å². The molecule has 7 heteroatoms. The molecule has 1 aromatic rings.